The van der Waals surface area contributed by atoms with Crippen LogP contribution in [0.15, 0.2) is 23.2 Å². The second kappa shape index (κ2) is 7.71. The molecule has 0 unspecified atom stereocenters. The third kappa shape index (κ3) is 4.19. The van der Waals surface area contributed by atoms with Gasteiger partial charge in [0.2, 0.25) is 6.08 Å². The van der Waals surface area contributed by atoms with Crippen LogP contribution in [0.25, 0.3) is 0 Å². The number of alkyl halides is 1. The lowest BCUT2D eigenvalue weighted by atomic mass is 10.1. The zero-order valence-corrected chi connectivity index (χ0v) is 12.4. The highest BCUT2D eigenvalue weighted by atomic mass is 79.9. The number of isocyanates is 1. The number of nitrogens with zero attached hydrogens (tertiary/aromatic N) is 2. The Morgan fingerprint density at radius 2 is 2.26 bits per heavy atom. The number of rotatable bonds is 5. The lowest BCUT2D eigenvalue weighted by molar-refractivity contribution is 0.160. The van der Waals surface area contributed by atoms with E-state index in [0.29, 0.717) is 29.9 Å². The molecule has 0 fully saturated rings. The van der Waals surface area contributed by atoms with Crippen LogP contribution in [-0.2, 0) is 9.53 Å². The Morgan fingerprint density at radius 1 is 1.53 bits per heavy atom. The molecule has 0 aliphatic rings. The van der Waals surface area contributed by atoms with Crippen molar-refractivity contribution in [3.63, 3.8) is 0 Å². The Bertz CT molecular complexity index is 499. The van der Waals surface area contributed by atoms with Crippen LogP contribution < -0.4 is 4.90 Å². The van der Waals surface area contributed by atoms with Crippen LogP contribution >= 0.6 is 15.9 Å². The van der Waals surface area contributed by atoms with Crippen molar-refractivity contribution in [2.24, 2.45) is 4.99 Å². The minimum atomic E-state index is -0.424. The van der Waals surface area contributed by atoms with Gasteiger partial charge in [-0.15, -0.1) is 0 Å². The first-order valence-corrected chi connectivity index (χ1v) is 6.95. The Morgan fingerprint density at radius 3 is 2.84 bits per heavy atom. The van der Waals surface area contributed by atoms with E-state index in [1.807, 2.05) is 6.92 Å². The maximum Gasteiger partial charge on any atom is 0.414 e. The van der Waals surface area contributed by atoms with Crippen LogP contribution in [0.3, 0.4) is 0 Å². The van der Waals surface area contributed by atoms with Crippen molar-refractivity contribution in [3.05, 3.63) is 23.8 Å². The molecule has 6 heteroatoms. The molecule has 0 aromatic heterocycles. The second-order valence-corrected chi connectivity index (χ2v) is 4.51. The molecule has 0 atom stereocenters. The molecule has 1 aromatic carbocycles. The molecular formula is C13H15BrN2O3. The summed E-state index contributed by atoms with van der Waals surface area (Å²) in [6.45, 7) is 4.36. The molecule has 0 radical (unpaired) electrons. The Balaban J connectivity index is 3.11. The summed E-state index contributed by atoms with van der Waals surface area (Å²) in [5, 5.41) is 0.617. The van der Waals surface area contributed by atoms with Gasteiger partial charge in [-0.3, -0.25) is 4.90 Å². The first-order valence-electron chi connectivity index (χ1n) is 5.82. The number of carbonyl (C=O) groups is 1. The number of amides is 1. The van der Waals surface area contributed by atoms with Gasteiger partial charge in [-0.25, -0.2) is 9.59 Å². The molecule has 1 rings (SSSR count). The number of anilines is 1. The fraction of sp³-hybridized carbons (Fsp3) is 0.385. The largest absolute Gasteiger partial charge is 0.449 e. The van der Waals surface area contributed by atoms with Crippen molar-refractivity contribution in [2.45, 2.75) is 13.8 Å². The summed E-state index contributed by atoms with van der Waals surface area (Å²) in [7, 11) is 0. The van der Waals surface area contributed by atoms with E-state index in [-0.39, 0.29) is 0 Å². The standard InChI is InChI=1S/C13H15BrN2O3/c1-3-19-13(18)16(7-6-14)11-5-4-10(2)12(8-11)15-9-17/h4-5,8H,3,6-7H2,1-2H3. The fourth-order valence-electron chi connectivity index (χ4n) is 1.55. The van der Waals surface area contributed by atoms with E-state index in [2.05, 4.69) is 20.9 Å². The quantitative estimate of drug-likeness (QED) is 0.473. The molecule has 19 heavy (non-hydrogen) atoms. The molecule has 0 spiro atoms. The van der Waals surface area contributed by atoms with Crippen molar-refractivity contribution >= 4 is 39.5 Å². The monoisotopic (exact) mass is 326 g/mol. The van der Waals surface area contributed by atoms with Gasteiger partial charge in [-0.05, 0) is 31.5 Å². The van der Waals surface area contributed by atoms with E-state index >= 15 is 0 Å². The van der Waals surface area contributed by atoms with E-state index in [1.54, 1.807) is 25.1 Å². The highest BCUT2D eigenvalue weighted by molar-refractivity contribution is 9.09. The van der Waals surface area contributed by atoms with E-state index < -0.39 is 6.09 Å². The van der Waals surface area contributed by atoms with Gasteiger partial charge in [0.1, 0.15) is 0 Å². The first-order chi connectivity index (χ1) is 9.13. The molecule has 1 aromatic rings. The number of hydrogen-bond acceptors (Lipinski definition) is 4. The third-order valence-electron chi connectivity index (χ3n) is 2.47. The van der Waals surface area contributed by atoms with Gasteiger partial charge in [0.25, 0.3) is 0 Å². The zero-order chi connectivity index (χ0) is 14.3. The lowest BCUT2D eigenvalue weighted by Crippen LogP contribution is -2.33. The third-order valence-corrected chi connectivity index (χ3v) is 2.82. The van der Waals surface area contributed by atoms with Crippen LogP contribution in [0.5, 0.6) is 0 Å². The van der Waals surface area contributed by atoms with Crippen LogP contribution in [0.2, 0.25) is 0 Å². The van der Waals surface area contributed by atoms with Crippen LogP contribution in [0.4, 0.5) is 16.2 Å². The predicted octanol–water partition coefficient (Wildman–Crippen LogP) is 3.32. The highest BCUT2D eigenvalue weighted by Crippen LogP contribution is 2.26. The molecule has 1 amide bonds. The minimum absolute atomic E-state index is 0.308. The van der Waals surface area contributed by atoms with Gasteiger partial charge in [0, 0.05) is 17.6 Å². The molecule has 0 saturated carbocycles. The molecule has 5 nitrogen and oxygen atoms in total. The summed E-state index contributed by atoms with van der Waals surface area (Å²) in [5.41, 5.74) is 1.98. The number of benzene rings is 1. The highest BCUT2D eigenvalue weighted by Gasteiger charge is 2.16. The van der Waals surface area contributed by atoms with Gasteiger partial charge >= 0.3 is 6.09 Å². The summed E-state index contributed by atoms with van der Waals surface area (Å²) in [4.78, 5) is 27.3. The molecule has 0 heterocycles. The summed E-state index contributed by atoms with van der Waals surface area (Å²) in [5.74, 6) is 0. The van der Waals surface area contributed by atoms with E-state index in [9.17, 15) is 9.59 Å². The normalized spacial score (nSPS) is 9.63. The summed E-state index contributed by atoms with van der Waals surface area (Å²) >= 11 is 3.30. The number of carbonyl (C=O) groups excluding carboxylic acids is 2. The maximum absolute atomic E-state index is 11.9. The predicted molar refractivity (Wildman–Crippen MR) is 77.1 cm³/mol. The van der Waals surface area contributed by atoms with Gasteiger partial charge in [0.15, 0.2) is 0 Å². The summed E-state index contributed by atoms with van der Waals surface area (Å²) in [6.07, 6.45) is 1.08. The minimum Gasteiger partial charge on any atom is -0.449 e. The average molecular weight is 327 g/mol. The lowest BCUT2D eigenvalue weighted by Gasteiger charge is -2.21. The van der Waals surface area contributed by atoms with Crippen molar-refractivity contribution in [2.75, 3.05) is 23.4 Å². The van der Waals surface area contributed by atoms with Crippen LogP contribution in [-0.4, -0.2) is 30.7 Å². The molecule has 0 N–H and O–H groups in total. The van der Waals surface area contributed by atoms with E-state index in [0.717, 1.165) is 5.56 Å². The van der Waals surface area contributed by atoms with Gasteiger partial charge in [0.05, 0.1) is 12.3 Å². The molecule has 0 aliphatic carbocycles. The van der Waals surface area contributed by atoms with Crippen LogP contribution in [0, 0.1) is 6.92 Å². The SMILES string of the molecule is CCOC(=O)N(CCBr)c1ccc(C)c(N=C=O)c1. The average Bonchev–Trinajstić information content (AvgIpc) is 2.39. The summed E-state index contributed by atoms with van der Waals surface area (Å²) < 4.78 is 5.00. The smallest absolute Gasteiger partial charge is 0.414 e. The number of hydrogen-bond donors (Lipinski definition) is 0. The molecule has 0 bridgehead atoms. The second-order valence-electron chi connectivity index (χ2n) is 3.71. The fourth-order valence-corrected chi connectivity index (χ4v) is 1.90. The summed E-state index contributed by atoms with van der Waals surface area (Å²) in [6, 6.07) is 5.25. The number of aliphatic imine (C=N–C) groups is 1. The zero-order valence-electron chi connectivity index (χ0n) is 10.9. The Hall–Kier alpha value is -1.65. The Labute approximate surface area is 120 Å². The van der Waals surface area contributed by atoms with Crippen molar-refractivity contribution in [1.29, 1.82) is 0 Å². The molecule has 0 saturated heterocycles. The van der Waals surface area contributed by atoms with Gasteiger partial charge in [-0.1, -0.05) is 22.0 Å². The van der Waals surface area contributed by atoms with E-state index in [1.165, 1.54) is 11.0 Å². The topological polar surface area (TPSA) is 59.0 Å². The van der Waals surface area contributed by atoms with E-state index in [4.69, 9.17) is 4.74 Å². The number of ether oxygens (including phenoxy) is 1. The van der Waals surface area contributed by atoms with Crippen molar-refractivity contribution in [3.8, 4) is 0 Å². The molecule has 0 aliphatic heterocycles. The van der Waals surface area contributed by atoms with Gasteiger partial charge < -0.3 is 4.74 Å². The molecular weight excluding hydrogens is 312 g/mol. The van der Waals surface area contributed by atoms with Crippen LogP contribution in [0.1, 0.15) is 12.5 Å². The van der Waals surface area contributed by atoms with Crippen molar-refractivity contribution in [1.82, 2.24) is 0 Å². The number of aryl methyl sites for hydroxylation is 1. The Kier molecular flexibility index (Phi) is 6.25. The first kappa shape index (κ1) is 15.4. The van der Waals surface area contributed by atoms with Crippen molar-refractivity contribution < 1.29 is 14.3 Å². The maximum atomic E-state index is 11.9. The molecule has 102 valence electrons. The van der Waals surface area contributed by atoms with Gasteiger partial charge in [-0.2, -0.15) is 4.99 Å². The number of halogens is 1.